The summed E-state index contributed by atoms with van der Waals surface area (Å²) in [6.07, 6.45) is 2.92. The predicted molar refractivity (Wildman–Crippen MR) is 93.3 cm³/mol. The second kappa shape index (κ2) is 6.46. The Hall–Kier alpha value is -2.72. The summed E-state index contributed by atoms with van der Waals surface area (Å²) in [5.41, 5.74) is 0.0990. The highest BCUT2D eigenvalue weighted by Gasteiger charge is 2.44. The van der Waals surface area contributed by atoms with Gasteiger partial charge in [-0.1, -0.05) is 0 Å². The molecule has 9 nitrogen and oxygen atoms in total. The highest BCUT2D eigenvalue weighted by atomic mass is 32.1. The fraction of sp³-hybridized carbons (Fsp3) is 0.412. The molecule has 0 unspecified atom stereocenters. The van der Waals surface area contributed by atoms with Crippen LogP contribution in [0.5, 0.6) is 0 Å². The molecule has 0 aromatic carbocycles. The van der Waals surface area contributed by atoms with Gasteiger partial charge in [0.15, 0.2) is 11.4 Å². The first-order chi connectivity index (χ1) is 12.9. The second-order valence-electron chi connectivity index (χ2n) is 6.59. The highest BCUT2D eigenvalue weighted by molar-refractivity contribution is 7.14. The Morgan fingerprint density at radius 2 is 1.96 bits per heavy atom. The van der Waals surface area contributed by atoms with E-state index in [9.17, 15) is 19.5 Å². The lowest BCUT2D eigenvalue weighted by Crippen LogP contribution is -2.48. The molecule has 142 valence electrons. The number of aromatic nitrogens is 2. The van der Waals surface area contributed by atoms with Gasteiger partial charge in [-0.15, -0.1) is 11.3 Å². The van der Waals surface area contributed by atoms with Crippen LogP contribution in [-0.2, 0) is 16.8 Å². The zero-order valence-corrected chi connectivity index (χ0v) is 15.0. The van der Waals surface area contributed by atoms with Crippen molar-refractivity contribution in [1.29, 1.82) is 0 Å². The van der Waals surface area contributed by atoms with Gasteiger partial charge in [0.2, 0.25) is 0 Å². The third-order valence-corrected chi connectivity index (χ3v) is 6.45. The van der Waals surface area contributed by atoms with Gasteiger partial charge in [0.05, 0.1) is 12.9 Å². The lowest BCUT2D eigenvalue weighted by atomic mass is 9.85. The van der Waals surface area contributed by atoms with Crippen molar-refractivity contribution >= 4 is 29.2 Å². The molecule has 2 aromatic rings. The van der Waals surface area contributed by atoms with E-state index < -0.39 is 23.4 Å². The van der Waals surface area contributed by atoms with Crippen LogP contribution in [-0.4, -0.2) is 62.6 Å². The molecule has 2 aliphatic rings. The number of nitrogens with zero attached hydrogens (tertiary/aromatic N) is 2. The van der Waals surface area contributed by atoms with Crippen molar-refractivity contribution in [2.24, 2.45) is 0 Å². The number of aromatic carboxylic acids is 2. The number of carbonyl (C=O) groups is 3. The molecule has 27 heavy (non-hydrogen) atoms. The molecule has 0 atom stereocenters. The van der Waals surface area contributed by atoms with Crippen LogP contribution in [0.1, 0.15) is 53.9 Å². The average Bonchev–Trinajstić information content (AvgIpc) is 3.30. The Balaban J connectivity index is 1.54. The molecule has 4 rings (SSSR count). The normalized spacial score (nSPS) is 18.3. The predicted octanol–water partition coefficient (Wildman–Crippen LogP) is 1.57. The monoisotopic (exact) mass is 391 g/mol. The van der Waals surface area contributed by atoms with Gasteiger partial charge in [-0.05, 0) is 30.9 Å². The van der Waals surface area contributed by atoms with Gasteiger partial charge >= 0.3 is 11.9 Å². The minimum absolute atomic E-state index is 0.104. The summed E-state index contributed by atoms with van der Waals surface area (Å²) >= 11 is 1.24. The minimum atomic E-state index is -1.23. The maximum Gasteiger partial charge on any atom is 0.354 e. The summed E-state index contributed by atoms with van der Waals surface area (Å²) in [6.45, 7) is 1.27. The lowest BCUT2D eigenvalue weighted by Gasteiger charge is -2.43. The molecule has 10 heteroatoms. The van der Waals surface area contributed by atoms with Crippen molar-refractivity contribution in [3.8, 4) is 0 Å². The number of carboxylic acids is 2. The summed E-state index contributed by atoms with van der Waals surface area (Å²) in [4.78, 5) is 44.3. The number of hydrogen-bond acceptors (Lipinski definition) is 6. The summed E-state index contributed by atoms with van der Waals surface area (Å²) in [7, 11) is 0. The Morgan fingerprint density at radius 1 is 1.22 bits per heavy atom. The van der Waals surface area contributed by atoms with Crippen LogP contribution in [0, 0.1) is 0 Å². The number of amides is 1. The molecular formula is C17H17N3O6S. The van der Waals surface area contributed by atoms with Crippen molar-refractivity contribution in [3.05, 3.63) is 39.1 Å². The summed E-state index contributed by atoms with van der Waals surface area (Å²) in [5, 5.41) is 18.4. The van der Waals surface area contributed by atoms with Crippen LogP contribution in [0.2, 0.25) is 0 Å². The summed E-state index contributed by atoms with van der Waals surface area (Å²) < 4.78 is 6.07. The molecule has 4 heterocycles. The maximum atomic E-state index is 12.7. The van der Waals surface area contributed by atoms with Crippen LogP contribution >= 0.6 is 11.3 Å². The second-order valence-corrected chi connectivity index (χ2v) is 7.64. The smallest absolute Gasteiger partial charge is 0.354 e. The number of carboxylic acid groups (broad SMARTS) is 2. The number of hydrogen-bond donors (Lipinski definition) is 3. The first kappa shape index (κ1) is 17.7. The largest absolute Gasteiger partial charge is 0.477 e. The average molecular weight is 391 g/mol. The van der Waals surface area contributed by atoms with Gasteiger partial charge in [-0.2, -0.15) is 0 Å². The lowest BCUT2D eigenvalue weighted by molar-refractivity contribution is -0.0906. The number of fused-ring (bicyclic) bond motifs is 2. The highest BCUT2D eigenvalue weighted by Crippen LogP contribution is 2.45. The Kier molecular flexibility index (Phi) is 4.23. The van der Waals surface area contributed by atoms with Crippen molar-refractivity contribution < 1.29 is 29.3 Å². The number of nitrogens with one attached hydrogen (secondary N) is 1. The van der Waals surface area contributed by atoms with Crippen molar-refractivity contribution in [3.63, 3.8) is 0 Å². The molecule has 0 bridgehead atoms. The van der Waals surface area contributed by atoms with Gasteiger partial charge in [-0.3, -0.25) is 4.79 Å². The zero-order chi connectivity index (χ0) is 19.2. The molecule has 2 aromatic heterocycles. The van der Waals surface area contributed by atoms with Crippen LogP contribution in [0.25, 0.3) is 0 Å². The van der Waals surface area contributed by atoms with Crippen molar-refractivity contribution in [1.82, 2.24) is 14.9 Å². The van der Waals surface area contributed by atoms with Gasteiger partial charge in [0, 0.05) is 18.0 Å². The molecule has 0 radical (unpaired) electrons. The fourth-order valence-corrected chi connectivity index (χ4v) is 4.99. The Labute approximate surface area is 157 Å². The number of H-pyrrole nitrogens is 1. The molecule has 0 saturated carbocycles. The van der Waals surface area contributed by atoms with E-state index in [1.807, 2.05) is 0 Å². The molecule has 2 aliphatic heterocycles. The van der Waals surface area contributed by atoms with E-state index >= 15 is 0 Å². The number of likely N-dealkylation sites (tertiary alicyclic amines) is 1. The number of aromatic amines is 1. The van der Waals surface area contributed by atoms with Crippen molar-refractivity contribution in [2.45, 2.75) is 24.9 Å². The van der Waals surface area contributed by atoms with Crippen molar-refractivity contribution in [2.75, 3.05) is 19.7 Å². The van der Waals surface area contributed by atoms with E-state index in [0.717, 1.165) is 10.4 Å². The fourth-order valence-electron chi connectivity index (χ4n) is 3.74. The third-order valence-electron chi connectivity index (χ3n) is 5.10. The molecular weight excluding hydrogens is 374 g/mol. The van der Waals surface area contributed by atoms with Gasteiger partial charge in [0.25, 0.3) is 5.91 Å². The van der Waals surface area contributed by atoms with Gasteiger partial charge < -0.3 is 24.8 Å². The molecule has 1 amide bonds. The number of carbonyl (C=O) groups excluding carboxylic acids is 1. The van der Waals surface area contributed by atoms with Crippen LogP contribution in [0.15, 0.2) is 12.4 Å². The van der Waals surface area contributed by atoms with Crippen LogP contribution < -0.4 is 0 Å². The Morgan fingerprint density at radius 3 is 2.63 bits per heavy atom. The Bertz CT molecular complexity index is 925. The van der Waals surface area contributed by atoms with Gasteiger partial charge in [-0.25, -0.2) is 14.6 Å². The van der Waals surface area contributed by atoms with Gasteiger partial charge in [0.1, 0.15) is 10.5 Å². The van der Waals surface area contributed by atoms with Crippen LogP contribution in [0.4, 0.5) is 0 Å². The van der Waals surface area contributed by atoms with E-state index in [1.54, 1.807) is 11.0 Å². The topological polar surface area (TPSA) is 133 Å². The molecule has 1 spiro atoms. The summed E-state index contributed by atoms with van der Waals surface area (Å²) in [6, 6.07) is 1.72. The molecule has 1 fully saturated rings. The number of thiophene rings is 1. The maximum absolute atomic E-state index is 12.7. The molecule has 3 N–H and O–H groups in total. The standard InChI is InChI=1S/C17H17N3O6S/c21-14(11-12(16(24)25)19-8-18-11)20-4-2-17(3-5-20)13-9(1-6-26-17)7-10(27-13)15(22)23/h7-8H,1-6H2,(H,18,19)(H,22,23)(H,24,25). The number of ether oxygens (including phenoxy) is 1. The van der Waals surface area contributed by atoms with E-state index in [-0.39, 0.29) is 11.4 Å². The van der Waals surface area contributed by atoms with E-state index in [0.29, 0.717) is 43.8 Å². The third kappa shape index (κ3) is 2.90. The van der Waals surface area contributed by atoms with E-state index in [1.165, 1.54) is 17.7 Å². The number of rotatable bonds is 3. The quantitative estimate of drug-likeness (QED) is 0.723. The number of piperidine rings is 1. The minimum Gasteiger partial charge on any atom is -0.477 e. The molecule has 0 aliphatic carbocycles. The first-order valence-electron chi connectivity index (χ1n) is 8.48. The SMILES string of the molecule is O=C(O)c1cc2c(s1)C1(CCN(C(=O)c3nc[nH]c3C(=O)O)CC1)OCC2. The summed E-state index contributed by atoms with van der Waals surface area (Å²) in [5.74, 6) is -2.61. The van der Waals surface area contributed by atoms with E-state index in [4.69, 9.17) is 9.84 Å². The van der Waals surface area contributed by atoms with E-state index in [2.05, 4.69) is 9.97 Å². The number of imidazole rings is 1. The van der Waals surface area contributed by atoms with Crippen LogP contribution in [0.3, 0.4) is 0 Å². The first-order valence-corrected chi connectivity index (χ1v) is 9.29. The zero-order valence-electron chi connectivity index (χ0n) is 14.2. The molecule has 1 saturated heterocycles.